The van der Waals surface area contributed by atoms with Crippen LogP contribution in [0.15, 0.2) is 6.20 Å². The standard InChI is InChI=1S/C9H16N6O/c1-13-2-4-14(5-3-13)9(16)7-15-6-8(10)11-12-15/h6H,2-5,7,10H2,1H3. The highest BCUT2D eigenvalue weighted by atomic mass is 16.2. The maximum absolute atomic E-state index is 11.9. The molecule has 0 saturated carbocycles. The van der Waals surface area contributed by atoms with E-state index in [1.54, 1.807) is 6.20 Å². The van der Waals surface area contributed by atoms with Crippen LogP contribution >= 0.6 is 0 Å². The summed E-state index contributed by atoms with van der Waals surface area (Å²) in [5, 5.41) is 7.39. The minimum absolute atomic E-state index is 0.0676. The van der Waals surface area contributed by atoms with Crippen molar-refractivity contribution in [3.63, 3.8) is 0 Å². The van der Waals surface area contributed by atoms with E-state index < -0.39 is 0 Å². The third kappa shape index (κ3) is 2.48. The van der Waals surface area contributed by atoms with Crippen LogP contribution in [0, 0.1) is 0 Å². The van der Waals surface area contributed by atoms with Crippen molar-refractivity contribution in [3.8, 4) is 0 Å². The number of likely N-dealkylation sites (N-methyl/N-ethyl adjacent to an activating group) is 1. The highest BCUT2D eigenvalue weighted by molar-refractivity contribution is 5.76. The smallest absolute Gasteiger partial charge is 0.244 e. The monoisotopic (exact) mass is 224 g/mol. The molecule has 2 heterocycles. The number of carbonyl (C=O) groups excluding carboxylic acids is 1. The van der Waals surface area contributed by atoms with Crippen molar-refractivity contribution in [2.75, 3.05) is 39.0 Å². The van der Waals surface area contributed by atoms with E-state index >= 15 is 0 Å². The lowest BCUT2D eigenvalue weighted by Crippen LogP contribution is -2.48. The molecule has 1 aromatic heterocycles. The average Bonchev–Trinajstić information content (AvgIpc) is 2.65. The van der Waals surface area contributed by atoms with Gasteiger partial charge in [-0.05, 0) is 7.05 Å². The fourth-order valence-corrected chi connectivity index (χ4v) is 1.69. The molecule has 16 heavy (non-hydrogen) atoms. The van der Waals surface area contributed by atoms with Crippen molar-refractivity contribution in [1.82, 2.24) is 24.8 Å². The van der Waals surface area contributed by atoms with Crippen LogP contribution in [-0.2, 0) is 11.3 Å². The third-order valence-corrected chi connectivity index (χ3v) is 2.71. The first kappa shape index (κ1) is 10.9. The zero-order valence-electron chi connectivity index (χ0n) is 9.33. The SMILES string of the molecule is CN1CCN(C(=O)Cn2cc(N)nn2)CC1. The van der Waals surface area contributed by atoms with Gasteiger partial charge in [-0.15, -0.1) is 5.10 Å². The third-order valence-electron chi connectivity index (χ3n) is 2.71. The van der Waals surface area contributed by atoms with E-state index in [2.05, 4.69) is 22.3 Å². The van der Waals surface area contributed by atoms with Gasteiger partial charge in [-0.3, -0.25) is 4.79 Å². The molecule has 0 unspecified atom stereocenters. The zero-order chi connectivity index (χ0) is 11.5. The summed E-state index contributed by atoms with van der Waals surface area (Å²) in [7, 11) is 2.06. The first-order valence-electron chi connectivity index (χ1n) is 5.27. The highest BCUT2D eigenvalue weighted by Gasteiger charge is 2.19. The number of aromatic nitrogens is 3. The molecule has 7 nitrogen and oxygen atoms in total. The molecule has 0 radical (unpaired) electrons. The molecule has 1 fully saturated rings. The van der Waals surface area contributed by atoms with E-state index in [1.807, 2.05) is 4.90 Å². The largest absolute Gasteiger partial charge is 0.381 e. The molecule has 2 N–H and O–H groups in total. The fraction of sp³-hybridized carbons (Fsp3) is 0.667. The lowest BCUT2D eigenvalue weighted by Gasteiger charge is -2.32. The first-order chi connectivity index (χ1) is 7.65. The number of nitrogen functional groups attached to an aromatic ring is 1. The number of rotatable bonds is 2. The Hall–Kier alpha value is -1.63. The van der Waals surface area contributed by atoms with Crippen LogP contribution in [0.2, 0.25) is 0 Å². The van der Waals surface area contributed by atoms with Gasteiger partial charge >= 0.3 is 0 Å². The van der Waals surface area contributed by atoms with Gasteiger partial charge in [-0.25, -0.2) is 4.68 Å². The topological polar surface area (TPSA) is 80.3 Å². The van der Waals surface area contributed by atoms with Crippen LogP contribution in [0.5, 0.6) is 0 Å². The van der Waals surface area contributed by atoms with Gasteiger partial charge in [0.15, 0.2) is 5.82 Å². The molecular formula is C9H16N6O. The maximum atomic E-state index is 11.9. The zero-order valence-corrected chi connectivity index (χ0v) is 9.33. The van der Waals surface area contributed by atoms with Crippen LogP contribution in [0.1, 0.15) is 0 Å². The number of piperazine rings is 1. The number of carbonyl (C=O) groups is 1. The van der Waals surface area contributed by atoms with Gasteiger partial charge in [0.1, 0.15) is 6.54 Å². The molecule has 2 rings (SSSR count). The molecule has 0 atom stereocenters. The Bertz CT molecular complexity index is 368. The molecule has 1 aliphatic heterocycles. The predicted octanol–water partition coefficient (Wildman–Crippen LogP) is -1.37. The van der Waals surface area contributed by atoms with E-state index in [9.17, 15) is 4.79 Å². The van der Waals surface area contributed by atoms with Gasteiger partial charge in [-0.1, -0.05) is 5.21 Å². The number of hydrogen-bond donors (Lipinski definition) is 1. The summed E-state index contributed by atoms with van der Waals surface area (Å²) >= 11 is 0. The lowest BCUT2D eigenvalue weighted by molar-refractivity contribution is -0.133. The molecule has 0 aliphatic carbocycles. The van der Waals surface area contributed by atoms with Gasteiger partial charge < -0.3 is 15.5 Å². The minimum atomic E-state index is 0.0676. The number of nitrogens with two attached hydrogens (primary N) is 1. The van der Waals surface area contributed by atoms with Crippen molar-refractivity contribution in [1.29, 1.82) is 0 Å². The average molecular weight is 224 g/mol. The molecular weight excluding hydrogens is 208 g/mol. The molecule has 1 amide bonds. The molecule has 1 aliphatic rings. The second-order valence-corrected chi connectivity index (χ2v) is 4.03. The summed E-state index contributed by atoms with van der Waals surface area (Å²) in [5.41, 5.74) is 5.42. The van der Waals surface area contributed by atoms with Crippen LogP contribution in [0.4, 0.5) is 5.82 Å². The van der Waals surface area contributed by atoms with Crippen molar-refractivity contribution < 1.29 is 4.79 Å². The molecule has 88 valence electrons. The van der Waals surface area contributed by atoms with Gasteiger partial charge in [0, 0.05) is 26.2 Å². The second kappa shape index (κ2) is 4.48. The second-order valence-electron chi connectivity index (χ2n) is 4.03. The quantitative estimate of drug-likeness (QED) is 0.670. The number of anilines is 1. The van der Waals surface area contributed by atoms with E-state index in [1.165, 1.54) is 4.68 Å². The summed E-state index contributed by atoms with van der Waals surface area (Å²) in [5.74, 6) is 0.407. The van der Waals surface area contributed by atoms with E-state index in [0.717, 1.165) is 26.2 Å². The van der Waals surface area contributed by atoms with Gasteiger partial charge in [0.2, 0.25) is 5.91 Å². The number of nitrogens with zero attached hydrogens (tertiary/aromatic N) is 5. The predicted molar refractivity (Wildman–Crippen MR) is 58.5 cm³/mol. The van der Waals surface area contributed by atoms with Crippen molar-refractivity contribution in [2.45, 2.75) is 6.54 Å². The Morgan fingerprint density at radius 2 is 2.12 bits per heavy atom. The van der Waals surface area contributed by atoms with E-state index in [4.69, 9.17) is 5.73 Å². The lowest BCUT2D eigenvalue weighted by atomic mass is 10.3. The highest BCUT2D eigenvalue weighted by Crippen LogP contribution is 2.01. The molecule has 1 aromatic rings. The Morgan fingerprint density at radius 1 is 1.44 bits per heavy atom. The van der Waals surface area contributed by atoms with Crippen LogP contribution in [0.25, 0.3) is 0 Å². The van der Waals surface area contributed by atoms with E-state index in [0.29, 0.717) is 5.82 Å². The summed E-state index contributed by atoms with van der Waals surface area (Å²) in [4.78, 5) is 15.9. The number of hydrogen-bond acceptors (Lipinski definition) is 5. The Morgan fingerprint density at radius 3 is 2.69 bits per heavy atom. The van der Waals surface area contributed by atoms with Crippen LogP contribution < -0.4 is 5.73 Å². The summed E-state index contributed by atoms with van der Waals surface area (Å²) in [6.45, 7) is 3.61. The Kier molecular flexibility index (Phi) is 3.04. The van der Waals surface area contributed by atoms with Gasteiger partial charge in [0.25, 0.3) is 0 Å². The maximum Gasteiger partial charge on any atom is 0.244 e. The first-order valence-corrected chi connectivity index (χ1v) is 5.27. The van der Waals surface area contributed by atoms with Gasteiger partial charge in [-0.2, -0.15) is 0 Å². The Balaban J connectivity index is 1.88. The molecule has 0 spiro atoms. The van der Waals surface area contributed by atoms with Crippen LogP contribution in [0.3, 0.4) is 0 Å². The molecule has 7 heteroatoms. The normalized spacial score (nSPS) is 17.7. The molecule has 1 saturated heterocycles. The summed E-state index contributed by atoms with van der Waals surface area (Å²) in [6, 6.07) is 0. The van der Waals surface area contributed by atoms with Crippen LogP contribution in [-0.4, -0.2) is 63.9 Å². The summed E-state index contributed by atoms with van der Waals surface area (Å²) < 4.78 is 1.47. The van der Waals surface area contributed by atoms with Crippen molar-refractivity contribution in [2.24, 2.45) is 0 Å². The molecule has 0 aromatic carbocycles. The molecule has 0 bridgehead atoms. The number of amides is 1. The minimum Gasteiger partial charge on any atom is -0.381 e. The van der Waals surface area contributed by atoms with Crippen molar-refractivity contribution in [3.05, 3.63) is 6.20 Å². The summed E-state index contributed by atoms with van der Waals surface area (Å²) in [6.07, 6.45) is 1.56. The van der Waals surface area contributed by atoms with Crippen molar-refractivity contribution >= 4 is 11.7 Å². The fourth-order valence-electron chi connectivity index (χ4n) is 1.69. The van der Waals surface area contributed by atoms with Gasteiger partial charge in [0.05, 0.1) is 6.20 Å². The van der Waals surface area contributed by atoms with E-state index in [-0.39, 0.29) is 12.5 Å². The Labute approximate surface area is 93.8 Å².